The summed E-state index contributed by atoms with van der Waals surface area (Å²) in [6.07, 6.45) is 2.06. The summed E-state index contributed by atoms with van der Waals surface area (Å²) in [7, 11) is 0. The SMILES string of the molecule is CC1(C)c2ccccc2-c2c(-n3c4ccccc4c4ccc5c6ccccc6n(-c6ccc(CCc7ccccc7)cc6)c5c43)cccc21. The minimum absolute atomic E-state index is 0.0762. The molecule has 0 saturated heterocycles. The number of aromatic nitrogens is 2. The van der Waals surface area contributed by atoms with Gasteiger partial charge in [0.15, 0.2) is 0 Å². The number of fused-ring (bicyclic) bond motifs is 10. The molecular formula is C47H36N2. The Morgan fingerprint density at radius 3 is 1.69 bits per heavy atom. The van der Waals surface area contributed by atoms with Crippen LogP contribution in [0.2, 0.25) is 0 Å². The first-order valence-electron chi connectivity index (χ1n) is 17.4. The van der Waals surface area contributed by atoms with E-state index in [0.29, 0.717) is 0 Å². The summed E-state index contributed by atoms with van der Waals surface area (Å²) in [5.74, 6) is 0. The molecule has 234 valence electrons. The van der Waals surface area contributed by atoms with Crippen LogP contribution in [0.25, 0.3) is 66.1 Å². The Kier molecular flexibility index (Phi) is 6.08. The van der Waals surface area contributed by atoms with Crippen LogP contribution in [0.5, 0.6) is 0 Å². The van der Waals surface area contributed by atoms with Crippen LogP contribution in [0.4, 0.5) is 0 Å². The van der Waals surface area contributed by atoms with Crippen molar-refractivity contribution in [2.75, 3.05) is 0 Å². The summed E-state index contributed by atoms with van der Waals surface area (Å²) in [4.78, 5) is 0. The second-order valence-corrected chi connectivity index (χ2v) is 14.1. The maximum Gasteiger partial charge on any atom is 0.0789 e. The molecule has 0 bridgehead atoms. The van der Waals surface area contributed by atoms with Gasteiger partial charge in [-0.1, -0.05) is 141 Å². The third-order valence-corrected chi connectivity index (χ3v) is 11.0. The van der Waals surface area contributed by atoms with Gasteiger partial charge in [0.05, 0.1) is 27.8 Å². The van der Waals surface area contributed by atoms with Gasteiger partial charge in [0, 0.05) is 38.2 Å². The van der Waals surface area contributed by atoms with E-state index < -0.39 is 0 Å². The summed E-state index contributed by atoms with van der Waals surface area (Å²) >= 11 is 0. The molecule has 2 nitrogen and oxygen atoms in total. The smallest absolute Gasteiger partial charge is 0.0789 e. The lowest BCUT2D eigenvalue weighted by Gasteiger charge is -2.22. The third kappa shape index (κ3) is 4.07. The van der Waals surface area contributed by atoms with Crippen molar-refractivity contribution >= 4 is 43.6 Å². The van der Waals surface area contributed by atoms with E-state index in [1.54, 1.807) is 0 Å². The number of nitrogens with zero attached hydrogens (tertiary/aromatic N) is 2. The minimum atomic E-state index is -0.0762. The van der Waals surface area contributed by atoms with Crippen molar-refractivity contribution in [1.29, 1.82) is 0 Å². The summed E-state index contributed by atoms with van der Waals surface area (Å²) in [6, 6.07) is 58.5. The molecule has 0 saturated carbocycles. The molecule has 2 heterocycles. The first-order chi connectivity index (χ1) is 24.1. The topological polar surface area (TPSA) is 9.86 Å². The first-order valence-corrected chi connectivity index (χ1v) is 17.4. The lowest BCUT2D eigenvalue weighted by molar-refractivity contribution is 0.660. The second-order valence-electron chi connectivity index (χ2n) is 14.1. The molecule has 0 amide bonds. The van der Waals surface area contributed by atoms with Crippen molar-refractivity contribution in [3.63, 3.8) is 0 Å². The molecule has 0 atom stereocenters. The average Bonchev–Trinajstić information content (AvgIpc) is 3.75. The average molecular weight is 629 g/mol. The lowest BCUT2D eigenvalue weighted by atomic mass is 9.82. The first kappa shape index (κ1) is 28.2. The van der Waals surface area contributed by atoms with E-state index in [2.05, 4.69) is 181 Å². The van der Waals surface area contributed by atoms with E-state index in [4.69, 9.17) is 0 Å². The third-order valence-electron chi connectivity index (χ3n) is 11.0. The number of hydrogen-bond donors (Lipinski definition) is 0. The predicted molar refractivity (Wildman–Crippen MR) is 207 cm³/mol. The zero-order valence-electron chi connectivity index (χ0n) is 27.8. The van der Waals surface area contributed by atoms with Gasteiger partial charge >= 0.3 is 0 Å². The molecule has 2 aromatic heterocycles. The van der Waals surface area contributed by atoms with Gasteiger partial charge in [0.25, 0.3) is 0 Å². The molecule has 0 fully saturated rings. The van der Waals surface area contributed by atoms with E-state index in [9.17, 15) is 0 Å². The van der Waals surface area contributed by atoms with Gasteiger partial charge in [-0.3, -0.25) is 0 Å². The van der Waals surface area contributed by atoms with Crippen LogP contribution >= 0.6 is 0 Å². The fraction of sp³-hybridized carbons (Fsp3) is 0.106. The Balaban J connectivity index is 1.27. The molecule has 0 spiro atoms. The quantitative estimate of drug-likeness (QED) is 0.179. The summed E-state index contributed by atoms with van der Waals surface area (Å²) in [6.45, 7) is 4.74. The Morgan fingerprint density at radius 1 is 0.429 bits per heavy atom. The summed E-state index contributed by atoms with van der Waals surface area (Å²) in [5.41, 5.74) is 15.5. The summed E-state index contributed by atoms with van der Waals surface area (Å²) in [5, 5.41) is 5.09. The fourth-order valence-electron chi connectivity index (χ4n) is 8.69. The maximum absolute atomic E-state index is 2.56. The van der Waals surface area contributed by atoms with Crippen LogP contribution in [0.1, 0.15) is 36.1 Å². The zero-order valence-corrected chi connectivity index (χ0v) is 27.8. The van der Waals surface area contributed by atoms with E-state index in [-0.39, 0.29) is 5.41 Å². The highest BCUT2D eigenvalue weighted by molar-refractivity contribution is 6.24. The van der Waals surface area contributed by atoms with Gasteiger partial charge in [0.2, 0.25) is 0 Å². The number of rotatable bonds is 5. The number of hydrogen-bond acceptors (Lipinski definition) is 0. The van der Waals surface area contributed by atoms with E-state index in [1.165, 1.54) is 88.4 Å². The molecule has 0 aliphatic heterocycles. The highest BCUT2D eigenvalue weighted by atomic mass is 15.0. The zero-order chi connectivity index (χ0) is 32.7. The van der Waals surface area contributed by atoms with E-state index in [1.807, 2.05) is 0 Å². The molecule has 0 N–H and O–H groups in total. The van der Waals surface area contributed by atoms with Crippen molar-refractivity contribution in [1.82, 2.24) is 9.13 Å². The van der Waals surface area contributed by atoms with Gasteiger partial charge in [-0.15, -0.1) is 0 Å². The number of aryl methyl sites for hydroxylation is 2. The van der Waals surface area contributed by atoms with Crippen molar-refractivity contribution in [2.24, 2.45) is 0 Å². The van der Waals surface area contributed by atoms with Crippen molar-refractivity contribution in [3.05, 3.63) is 180 Å². The molecule has 1 aliphatic carbocycles. The van der Waals surface area contributed by atoms with Gasteiger partial charge in [-0.05, 0) is 71.0 Å². The predicted octanol–water partition coefficient (Wildman–Crippen LogP) is 12.0. The van der Waals surface area contributed by atoms with Crippen LogP contribution in [0, 0.1) is 0 Å². The normalized spacial score (nSPS) is 13.4. The Bertz CT molecular complexity index is 2720. The molecular weight excluding hydrogens is 593 g/mol. The van der Waals surface area contributed by atoms with Crippen LogP contribution in [0.3, 0.4) is 0 Å². The monoisotopic (exact) mass is 628 g/mol. The van der Waals surface area contributed by atoms with Gasteiger partial charge < -0.3 is 9.13 Å². The van der Waals surface area contributed by atoms with Crippen molar-refractivity contribution < 1.29 is 0 Å². The van der Waals surface area contributed by atoms with Crippen LogP contribution in [-0.4, -0.2) is 9.13 Å². The van der Waals surface area contributed by atoms with Gasteiger partial charge in [-0.25, -0.2) is 0 Å². The number of para-hydroxylation sites is 2. The van der Waals surface area contributed by atoms with Crippen molar-refractivity contribution in [2.45, 2.75) is 32.1 Å². The van der Waals surface area contributed by atoms with E-state index >= 15 is 0 Å². The molecule has 10 rings (SSSR count). The fourth-order valence-corrected chi connectivity index (χ4v) is 8.69. The lowest BCUT2D eigenvalue weighted by Crippen LogP contribution is -2.15. The van der Waals surface area contributed by atoms with Gasteiger partial charge in [0.1, 0.15) is 0 Å². The molecule has 7 aromatic carbocycles. The van der Waals surface area contributed by atoms with Crippen LogP contribution < -0.4 is 0 Å². The van der Waals surface area contributed by atoms with Crippen LogP contribution in [0.15, 0.2) is 158 Å². The Hall–Kier alpha value is -5.86. The molecule has 0 radical (unpaired) electrons. The largest absolute Gasteiger partial charge is 0.307 e. The van der Waals surface area contributed by atoms with Crippen molar-refractivity contribution in [3.8, 4) is 22.5 Å². The summed E-state index contributed by atoms with van der Waals surface area (Å²) < 4.78 is 5.07. The molecule has 1 aliphatic rings. The van der Waals surface area contributed by atoms with Crippen LogP contribution in [-0.2, 0) is 18.3 Å². The van der Waals surface area contributed by atoms with Gasteiger partial charge in [-0.2, -0.15) is 0 Å². The second kappa shape index (κ2) is 10.6. The molecule has 2 heteroatoms. The Labute approximate surface area is 286 Å². The highest BCUT2D eigenvalue weighted by Crippen LogP contribution is 2.52. The standard InChI is InChI=1S/C47H36N2/c1-47(2)39-18-9-6-17-38(39)44-40(47)19-12-22-43(44)49-42-21-11-8-16-35(42)37-30-29-36-34-15-7-10-20-41(34)48(45(36)46(37)49)33-27-25-32(26-28-33)24-23-31-13-4-3-5-14-31/h3-22,25-30H,23-24H2,1-2H3. The molecule has 49 heavy (non-hydrogen) atoms. The minimum Gasteiger partial charge on any atom is -0.307 e. The Morgan fingerprint density at radius 2 is 0.980 bits per heavy atom. The number of benzene rings is 7. The molecule has 9 aromatic rings. The molecule has 0 unspecified atom stereocenters. The highest BCUT2D eigenvalue weighted by Gasteiger charge is 2.37. The van der Waals surface area contributed by atoms with E-state index in [0.717, 1.165) is 12.8 Å². The maximum atomic E-state index is 2.56.